The molecule has 0 saturated carbocycles. The van der Waals surface area contributed by atoms with Crippen molar-refractivity contribution in [2.75, 3.05) is 0 Å². The minimum Gasteiger partial charge on any atom is -0.169 e. The van der Waals surface area contributed by atoms with Gasteiger partial charge in [0.25, 0.3) is 0 Å². The molecule has 1 unspecified atom stereocenters. The lowest BCUT2D eigenvalue weighted by Crippen LogP contribution is -2.58. The van der Waals surface area contributed by atoms with E-state index in [2.05, 4.69) is 34.8 Å². The highest BCUT2D eigenvalue weighted by Crippen LogP contribution is 2.56. The van der Waals surface area contributed by atoms with Crippen molar-refractivity contribution in [3.63, 3.8) is 0 Å². The molecule has 1 atom stereocenters. The zero-order valence-electron chi connectivity index (χ0n) is 6.40. The molecule has 0 rings (SSSR count). The molecule has 9 heteroatoms. The van der Waals surface area contributed by atoms with Crippen molar-refractivity contribution in [2.24, 2.45) is 0 Å². The summed E-state index contributed by atoms with van der Waals surface area (Å²) in [7, 11) is 0. The van der Waals surface area contributed by atoms with Crippen molar-refractivity contribution >= 4 is 34.8 Å². The van der Waals surface area contributed by atoms with E-state index < -0.39 is 21.6 Å². The molecule has 0 amide bonds. The molecule has 0 spiro atoms. The van der Waals surface area contributed by atoms with Gasteiger partial charge in [-0.25, -0.2) is 0 Å². The predicted octanol–water partition coefficient (Wildman–Crippen LogP) is 4.28. The Morgan fingerprint density at radius 1 is 0.714 bits per heavy atom. The minimum absolute atomic E-state index is 0.0576. The zero-order valence-corrected chi connectivity index (χ0v) is 8.67. The summed E-state index contributed by atoms with van der Waals surface area (Å²) in [5, 5.41) is 0. The van der Waals surface area contributed by atoms with Gasteiger partial charge in [-0.15, -0.1) is 11.6 Å². The lowest BCUT2D eigenvalue weighted by atomic mass is 10.1. The van der Waals surface area contributed by atoms with Gasteiger partial charge in [0.2, 0.25) is 4.33 Å². The van der Waals surface area contributed by atoms with Crippen LogP contribution in [-0.2, 0) is 0 Å². The fraction of sp³-hybridized carbons (Fsp3) is 1.00. The van der Waals surface area contributed by atoms with Crippen molar-refractivity contribution in [2.45, 2.75) is 28.5 Å². The molecule has 0 fully saturated rings. The minimum atomic E-state index is -5.48. The van der Waals surface area contributed by atoms with Crippen molar-refractivity contribution in [3.05, 3.63) is 0 Å². The average Bonchev–Trinajstić information content (AvgIpc) is 1.81. The van der Waals surface area contributed by atoms with E-state index in [9.17, 15) is 26.3 Å². The zero-order chi connectivity index (χ0) is 12.0. The molecule has 0 heterocycles. The summed E-state index contributed by atoms with van der Waals surface area (Å²) in [6.07, 6.45) is -10.9. The van der Waals surface area contributed by atoms with Crippen LogP contribution in [0, 0.1) is 0 Å². The van der Waals surface area contributed by atoms with Crippen LogP contribution >= 0.6 is 34.8 Å². The maximum absolute atomic E-state index is 12.1. The molecule has 0 aromatic carbocycles. The standard InChI is InChI=1S/C5H3Cl3F6/c1-2(6,4(9,10)11)3(7,8)5(12,13)14/h1H3. The molecule has 0 aliphatic carbocycles. The Morgan fingerprint density at radius 3 is 1.07 bits per heavy atom. The van der Waals surface area contributed by atoms with Gasteiger partial charge in [0.1, 0.15) is 0 Å². The largest absolute Gasteiger partial charge is 0.423 e. The first kappa shape index (κ1) is 14.5. The molecular formula is C5H3Cl3F6. The van der Waals surface area contributed by atoms with Gasteiger partial charge >= 0.3 is 12.4 Å². The van der Waals surface area contributed by atoms with Crippen molar-refractivity contribution in [3.8, 4) is 0 Å². The first-order valence-electron chi connectivity index (χ1n) is 2.95. The monoisotopic (exact) mass is 282 g/mol. The van der Waals surface area contributed by atoms with E-state index in [4.69, 9.17) is 0 Å². The number of alkyl halides is 9. The van der Waals surface area contributed by atoms with E-state index in [0.717, 1.165) is 0 Å². The van der Waals surface area contributed by atoms with Gasteiger partial charge in [-0.05, 0) is 6.92 Å². The smallest absolute Gasteiger partial charge is 0.169 e. The molecule has 0 aromatic heterocycles. The fourth-order valence-electron chi connectivity index (χ4n) is 0.444. The molecule has 0 bridgehead atoms. The van der Waals surface area contributed by atoms with Crippen molar-refractivity contribution in [1.82, 2.24) is 0 Å². The molecule has 0 radical (unpaired) electrons. The quantitative estimate of drug-likeness (QED) is 0.497. The Hall–Kier alpha value is 0.450. The summed E-state index contributed by atoms with van der Waals surface area (Å²) in [5.41, 5.74) is 0. The molecule has 0 N–H and O–H groups in total. The third-order valence-corrected chi connectivity index (χ3v) is 3.35. The SMILES string of the molecule is CC(Cl)(C(F)(F)F)C(Cl)(Cl)C(F)(F)F. The maximum atomic E-state index is 12.1. The molecule has 0 aliphatic rings. The van der Waals surface area contributed by atoms with Gasteiger partial charge in [0.05, 0.1) is 0 Å². The Bertz CT molecular complexity index is 190. The second kappa shape index (κ2) is 3.49. The second-order valence-electron chi connectivity index (χ2n) is 2.57. The first-order valence-corrected chi connectivity index (χ1v) is 4.08. The number of hydrogen-bond acceptors (Lipinski definition) is 0. The van der Waals surface area contributed by atoms with Gasteiger partial charge in [-0.1, -0.05) is 23.2 Å². The average molecular weight is 283 g/mol. The summed E-state index contributed by atoms with van der Waals surface area (Å²) < 4.78 is 68.1. The number of rotatable bonds is 1. The van der Waals surface area contributed by atoms with Crippen molar-refractivity contribution < 1.29 is 26.3 Å². The Balaban J connectivity index is 5.30. The Kier molecular flexibility index (Phi) is 3.60. The van der Waals surface area contributed by atoms with Crippen LogP contribution in [-0.4, -0.2) is 21.6 Å². The van der Waals surface area contributed by atoms with Crippen LogP contribution in [0.2, 0.25) is 0 Å². The summed E-state index contributed by atoms with van der Waals surface area (Å²) in [4.78, 5) is -3.80. The van der Waals surface area contributed by atoms with Gasteiger partial charge < -0.3 is 0 Å². The highest BCUT2D eigenvalue weighted by molar-refractivity contribution is 6.54. The third-order valence-electron chi connectivity index (χ3n) is 1.48. The molecule has 0 aromatic rings. The molecular weight excluding hydrogens is 280 g/mol. The van der Waals surface area contributed by atoms with Gasteiger partial charge in [-0.3, -0.25) is 0 Å². The summed E-state index contributed by atoms with van der Waals surface area (Å²) in [6.45, 7) is 0.0576. The Morgan fingerprint density at radius 2 is 1.00 bits per heavy atom. The lowest BCUT2D eigenvalue weighted by Gasteiger charge is -2.37. The fourth-order valence-corrected chi connectivity index (χ4v) is 0.766. The number of hydrogen-bond donors (Lipinski definition) is 0. The summed E-state index contributed by atoms with van der Waals surface area (Å²) in [5.74, 6) is 0. The third kappa shape index (κ3) is 2.17. The van der Waals surface area contributed by atoms with E-state index in [-0.39, 0.29) is 6.92 Å². The van der Waals surface area contributed by atoms with Gasteiger partial charge in [-0.2, -0.15) is 26.3 Å². The van der Waals surface area contributed by atoms with Crippen LogP contribution in [0.25, 0.3) is 0 Å². The van der Waals surface area contributed by atoms with Crippen LogP contribution in [0.3, 0.4) is 0 Å². The lowest BCUT2D eigenvalue weighted by molar-refractivity contribution is -0.209. The predicted molar refractivity (Wildman–Crippen MR) is 40.8 cm³/mol. The second-order valence-corrected chi connectivity index (χ2v) is 4.66. The van der Waals surface area contributed by atoms with Crippen LogP contribution < -0.4 is 0 Å². The van der Waals surface area contributed by atoms with E-state index >= 15 is 0 Å². The highest BCUT2D eigenvalue weighted by atomic mass is 35.5. The van der Waals surface area contributed by atoms with E-state index in [1.807, 2.05) is 0 Å². The summed E-state index contributed by atoms with van der Waals surface area (Å²) >= 11 is 13.8. The van der Waals surface area contributed by atoms with Crippen molar-refractivity contribution in [1.29, 1.82) is 0 Å². The first-order chi connectivity index (χ1) is 5.75. The van der Waals surface area contributed by atoms with E-state index in [1.165, 1.54) is 0 Å². The normalized spacial score (nSPS) is 19.3. The van der Waals surface area contributed by atoms with Crippen LogP contribution in [0.1, 0.15) is 6.92 Å². The van der Waals surface area contributed by atoms with Crippen LogP contribution in [0.5, 0.6) is 0 Å². The maximum Gasteiger partial charge on any atom is 0.423 e. The molecule has 0 nitrogen and oxygen atoms in total. The van der Waals surface area contributed by atoms with E-state index in [1.54, 1.807) is 0 Å². The summed E-state index contributed by atoms with van der Waals surface area (Å²) in [6, 6.07) is 0. The topological polar surface area (TPSA) is 0 Å². The van der Waals surface area contributed by atoms with Gasteiger partial charge in [0, 0.05) is 0 Å². The molecule has 0 aliphatic heterocycles. The van der Waals surface area contributed by atoms with Gasteiger partial charge in [0.15, 0.2) is 4.87 Å². The van der Waals surface area contributed by atoms with Crippen LogP contribution in [0.15, 0.2) is 0 Å². The van der Waals surface area contributed by atoms with Crippen LogP contribution in [0.4, 0.5) is 26.3 Å². The number of halogens is 9. The highest BCUT2D eigenvalue weighted by Gasteiger charge is 2.72. The molecule has 0 saturated heterocycles. The van der Waals surface area contributed by atoms with E-state index in [0.29, 0.717) is 0 Å². The Labute approximate surface area is 90.1 Å². The molecule has 14 heavy (non-hydrogen) atoms. The molecule has 86 valence electrons.